The molecule has 0 atom stereocenters. The van der Waals surface area contributed by atoms with E-state index in [0.29, 0.717) is 5.69 Å². The number of hydrogen-bond acceptors (Lipinski definition) is 1. The first-order valence-corrected chi connectivity index (χ1v) is 5.76. The van der Waals surface area contributed by atoms with Gasteiger partial charge in [-0.3, -0.25) is 0 Å². The molecule has 0 aliphatic heterocycles. The summed E-state index contributed by atoms with van der Waals surface area (Å²) in [6.45, 7) is 2.90. The summed E-state index contributed by atoms with van der Waals surface area (Å²) in [4.78, 5) is 0. The van der Waals surface area contributed by atoms with Crippen LogP contribution in [0.3, 0.4) is 0 Å². The van der Waals surface area contributed by atoms with Crippen molar-refractivity contribution in [3.8, 4) is 0 Å². The van der Waals surface area contributed by atoms with Crippen LogP contribution < -0.4 is 5.32 Å². The summed E-state index contributed by atoms with van der Waals surface area (Å²) < 4.78 is 13.4. The van der Waals surface area contributed by atoms with Gasteiger partial charge in [-0.2, -0.15) is 0 Å². The second kappa shape index (κ2) is 4.65. The zero-order chi connectivity index (χ0) is 10.7. The van der Waals surface area contributed by atoms with Crippen LogP contribution >= 0.6 is 0 Å². The first-order chi connectivity index (χ1) is 7.25. The molecule has 0 radical (unpaired) electrons. The van der Waals surface area contributed by atoms with Gasteiger partial charge in [0.05, 0.1) is 5.69 Å². The number of nitrogens with one attached hydrogen (secondary N) is 1. The van der Waals surface area contributed by atoms with E-state index in [1.54, 1.807) is 6.07 Å². The Hall–Kier alpha value is -1.05. The van der Waals surface area contributed by atoms with Gasteiger partial charge in [0.15, 0.2) is 0 Å². The van der Waals surface area contributed by atoms with Gasteiger partial charge in [-0.25, -0.2) is 4.39 Å². The maximum atomic E-state index is 13.4. The van der Waals surface area contributed by atoms with E-state index in [2.05, 4.69) is 5.32 Å². The molecule has 0 heterocycles. The predicted molar refractivity (Wildman–Crippen MR) is 61.6 cm³/mol. The van der Waals surface area contributed by atoms with E-state index in [1.165, 1.54) is 31.7 Å². The average molecular weight is 207 g/mol. The highest BCUT2D eigenvalue weighted by molar-refractivity contribution is 5.47. The molecule has 1 fully saturated rings. The molecule has 1 aromatic carbocycles. The quantitative estimate of drug-likeness (QED) is 0.796. The van der Waals surface area contributed by atoms with Gasteiger partial charge in [-0.05, 0) is 43.4 Å². The third kappa shape index (κ3) is 2.71. The fraction of sp³-hybridized carbons (Fsp3) is 0.538. The fourth-order valence-electron chi connectivity index (χ4n) is 2.24. The molecule has 0 amide bonds. The van der Waals surface area contributed by atoms with Gasteiger partial charge in [0.1, 0.15) is 5.82 Å². The minimum atomic E-state index is -0.140. The number of benzene rings is 1. The predicted octanol–water partition coefficient (Wildman–Crippen LogP) is 3.74. The summed E-state index contributed by atoms with van der Waals surface area (Å²) in [6, 6.07) is 5.21. The summed E-state index contributed by atoms with van der Waals surface area (Å²) in [6.07, 6.45) is 5.26. The summed E-state index contributed by atoms with van der Waals surface area (Å²) in [7, 11) is 0. The summed E-state index contributed by atoms with van der Waals surface area (Å²) >= 11 is 0. The molecule has 1 aliphatic carbocycles. The van der Waals surface area contributed by atoms with Crippen molar-refractivity contribution in [1.82, 2.24) is 0 Å². The molecular weight excluding hydrogens is 189 g/mol. The Balaban J connectivity index is 1.94. The minimum Gasteiger partial charge on any atom is -0.382 e. The molecule has 1 nitrogen and oxygen atoms in total. The minimum absolute atomic E-state index is 0.140. The van der Waals surface area contributed by atoms with Crippen molar-refractivity contribution in [3.05, 3.63) is 29.6 Å². The highest BCUT2D eigenvalue weighted by Crippen LogP contribution is 2.25. The van der Waals surface area contributed by atoms with E-state index in [9.17, 15) is 4.39 Å². The number of anilines is 1. The van der Waals surface area contributed by atoms with Crippen LogP contribution in [0.2, 0.25) is 0 Å². The second-order valence-electron chi connectivity index (χ2n) is 4.51. The Kier molecular flexibility index (Phi) is 3.24. The molecule has 2 rings (SSSR count). The zero-order valence-electron chi connectivity index (χ0n) is 9.22. The molecule has 1 aromatic rings. The molecule has 2 heteroatoms. The summed E-state index contributed by atoms with van der Waals surface area (Å²) in [5.41, 5.74) is 1.76. The highest BCUT2D eigenvalue weighted by Gasteiger charge is 2.14. The van der Waals surface area contributed by atoms with E-state index in [1.807, 2.05) is 13.0 Å². The van der Waals surface area contributed by atoms with Crippen molar-refractivity contribution in [2.75, 3.05) is 11.9 Å². The van der Waals surface area contributed by atoms with Crippen molar-refractivity contribution in [3.63, 3.8) is 0 Å². The van der Waals surface area contributed by atoms with Crippen molar-refractivity contribution < 1.29 is 4.39 Å². The molecule has 0 bridgehead atoms. The number of aryl methyl sites for hydroxylation is 1. The average Bonchev–Trinajstić information content (AvgIpc) is 2.72. The van der Waals surface area contributed by atoms with Crippen molar-refractivity contribution in [2.24, 2.45) is 5.92 Å². The van der Waals surface area contributed by atoms with Gasteiger partial charge in [0.25, 0.3) is 0 Å². The van der Waals surface area contributed by atoms with Crippen LogP contribution in [0.4, 0.5) is 10.1 Å². The lowest BCUT2D eigenvalue weighted by Gasteiger charge is -2.12. The molecule has 1 aliphatic rings. The van der Waals surface area contributed by atoms with Crippen LogP contribution in [0, 0.1) is 18.7 Å². The maximum Gasteiger partial charge on any atom is 0.146 e. The standard InChI is InChI=1S/C13H18FN/c1-10-6-7-12(14)13(8-10)15-9-11-4-2-3-5-11/h6-8,11,15H,2-5,9H2,1H3. The molecule has 15 heavy (non-hydrogen) atoms. The highest BCUT2D eigenvalue weighted by atomic mass is 19.1. The number of hydrogen-bond donors (Lipinski definition) is 1. The maximum absolute atomic E-state index is 13.4. The first-order valence-electron chi connectivity index (χ1n) is 5.76. The van der Waals surface area contributed by atoms with E-state index in [-0.39, 0.29) is 5.82 Å². The molecule has 0 saturated heterocycles. The Morgan fingerprint density at radius 3 is 2.80 bits per heavy atom. The van der Waals surface area contributed by atoms with Crippen LogP contribution in [-0.2, 0) is 0 Å². The van der Waals surface area contributed by atoms with Gasteiger partial charge in [-0.1, -0.05) is 18.9 Å². The van der Waals surface area contributed by atoms with Gasteiger partial charge in [-0.15, -0.1) is 0 Å². The molecule has 1 N–H and O–H groups in total. The van der Waals surface area contributed by atoms with Crippen molar-refractivity contribution in [1.29, 1.82) is 0 Å². The largest absolute Gasteiger partial charge is 0.382 e. The van der Waals surface area contributed by atoms with Crippen molar-refractivity contribution in [2.45, 2.75) is 32.6 Å². The third-order valence-corrected chi connectivity index (χ3v) is 3.18. The topological polar surface area (TPSA) is 12.0 Å². The Morgan fingerprint density at radius 2 is 2.07 bits per heavy atom. The summed E-state index contributed by atoms with van der Waals surface area (Å²) in [5, 5.41) is 3.22. The van der Waals surface area contributed by atoms with Crippen LogP contribution in [0.15, 0.2) is 18.2 Å². The van der Waals surface area contributed by atoms with Gasteiger partial charge in [0.2, 0.25) is 0 Å². The first kappa shape index (κ1) is 10.5. The smallest absolute Gasteiger partial charge is 0.146 e. The van der Waals surface area contributed by atoms with E-state index in [4.69, 9.17) is 0 Å². The monoisotopic (exact) mass is 207 g/mol. The zero-order valence-corrected chi connectivity index (χ0v) is 9.22. The Bertz CT molecular complexity index is 329. The lowest BCUT2D eigenvalue weighted by atomic mass is 10.1. The Labute approximate surface area is 90.7 Å². The van der Waals surface area contributed by atoms with Crippen LogP contribution in [0.1, 0.15) is 31.2 Å². The normalized spacial score (nSPS) is 16.9. The Morgan fingerprint density at radius 1 is 1.33 bits per heavy atom. The van der Waals surface area contributed by atoms with E-state index >= 15 is 0 Å². The summed E-state index contributed by atoms with van der Waals surface area (Å²) in [5.74, 6) is 0.600. The number of halogens is 1. The lowest BCUT2D eigenvalue weighted by molar-refractivity contribution is 0.573. The van der Waals surface area contributed by atoms with Gasteiger partial charge in [0, 0.05) is 6.54 Å². The van der Waals surface area contributed by atoms with E-state index < -0.39 is 0 Å². The van der Waals surface area contributed by atoms with Crippen LogP contribution in [0.5, 0.6) is 0 Å². The van der Waals surface area contributed by atoms with Crippen LogP contribution in [-0.4, -0.2) is 6.54 Å². The second-order valence-corrected chi connectivity index (χ2v) is 4.51. The van der Waals surface area contributed by atoms with E-state index in [0.717, 1.165) is 18.0 Å². The SMILES string of the molecule is Cc1ccc(F)c(NCC2CCCC2)c1. The molecule has 0 aromatic heterocycles. The lowest BCUT2D eigenvalue weighted by Crippen LogP contribution is -2.11. The number of rotatable bonds is 3. The third-order valence-electron chi connectivity index (χ3n) is 3.18. The molecular formula is C13H18FN. The molecule has 0 unspecified atom stereocenters. The van der Waals surface area contributed by atoms with Gasteiger partial charge >= 0.3 is 0 Å². The van der Waals surface area contributed by atoms with Crippen molar-refractivity contribution >= 4 is 5.69 Å². The fourth-order valence-corrected chi connectivity index (χ4v) is 2.24. The molecule has 1 saturated carbocycles. The van der Waals surface area contributed by atoms with Gasteiger partial charge < -0.3 is 5.32 Å². The molecule has 82 valence electrons. The van der Waals surface area contributed by atoms with Crippen LogP contribution in [0.25, 0.3) is 0 Å². The molecule has 0 spiro atoms.